The number of nitrogens with one attached hydrogen (secondary N) is 1. The highest BCUT2D eigenvalue weighted by molar-refractivity contribution is 5.96. The molecule has 0 atom stereocenters. The van der Waals surface area contributed by atoms with E-state index in [2.05, 4.69) is 10.5 Å². The van der Waals surface area contributed by atoms with Gasteiger partial charge in [-0.3, -0.25) is 9.59 Å². The van der Waals surface area contributed by atoms with Crippen molar-refractivity contribution in [3.05, 3.63) is 40.8 Å². The van der Waals surface area contributed by atoms with Crippen LogP contribution in [0.2, 0.25) is 0 Å². The molecule has 0 saturated heterocycles. The van der Waals surface area contributed by atoms with Crippen LogP contribution in [0.1, 0.15) is 27.4 Å². The maximum atomic E-state index is 12.1. The lowest BCUT2D eigenvalue weighted by Crippen LogP contribution is -2.20. The van der Waals surface area contributed by atoms with Crippen molar-refractivity contribution >= 4 is 18.0 Å². The minimum atomic E-state index is -0.628. The highest BCUT2D eigenvalue weighted by Gasteiger charge is 2.15. The number of nitrogens with zero attached hydrogens (tertiary/aromatic N) is 1. The van der Waals surface area contributed by atoms with Crippen LogP contribution in [0.25, 0.3) is 0 Å². The van der Waals surface area contributed by atoms with Gasteiger partial charge in [0.2, 0.25) is 5.75 Å². The molecule has 144 valence electrons. The smallest absolute Gasteiger partial charge is 0.274 e. The second-order valence-corrected chi connectivity index (χ2v) is 5.54. The first-order valence-electron chi connectivity index (χ1n) is 7.93. The van der Waals surface area contributed by atoms with Crippen LogP contribution in [0, 0.1) is 13.8 Å². The zero-order valence-electron chi connectivity index (χ0n) is 15.5. The van der Waals surface area contributed by atoms with E-state index in [0.717, 1.165) is 0 Å². The Kier molecular flexibility index (Phi) is 6.42. The number of carbonyl (C=O) groups is 2. The van der Waals surface area contributed by atoms with E-state index >= 15 is 0 Å². The fourth-order valence-corrected chi connectivity index (χ4v) is 2.34. The number of nitrogens with two attached hydrogens (primary N) is 1. The second-order valence-electron chi connectivity index (χ2n) is 5.54. The predicted octanol–water partition coefficient (Wildman–Crippen LogP) is 1.54. The number of rotatable bonds is 8. The lowest BCUT2D eigenvalue weighted by molar-refractivity contribution is -0.120. The normalized spacial score (nSPS) is 10.7. The van der Waals surface area contributed by atoms with Crippen LogP contribution in [0.4, 0.5) is 0 Å². The molecule has 3 N–H and O–H groups in total. The third-order valence-corrected chi connectivity index (χ3v) is 3.51. The number of benzene rings is 1. The van der Waals surface area contributed by atoms with E-state index in [1.807, 2.05) is 0 Å². The highest BCUT2D eigenvalue weighted by Crippen LogP contribution is 2.38. The molecule has 2 rings (SSSR count). The van der Waals surface area contributed by atoms with Gasteiger partial charge in [-0.05, 0) is 32.0 Å². The third kappa shape index (κ3) is 5.00. The summed E-state index contributed by atoms with van der Waals surface area (Å²) >= 11 is 0. The molecule has 0 bridgehead atoms. The maximum Gasteiger partial charge on any atom is 0.274 e. The molecule has 2 amide bonds. The Labute approximate surface area is 156 Å². The molecule has 0 radical (unpaired) electrons. The predicted molar refractivity (Wildman–Crippen MR) is 97.5 cm³/mol. The van der Waals surface area contributed by atoms with E-state index in [1.165, 1.54) is 20.4 Å². The fourth-order valence-electron chi connectivity index (χ4n) is 2.34. The number of hydrogen-bond donors (Lipinski definition) is 2. The quantitative estimate of drug-likeness (QED) is 0.532. The molecule has 1 heterocycles. The molecule has 2 aromatic rings. The molecule has 0 spiro atoms. The summed E-state index contributed by atoms with van der Waals surface area (Å²) in [5.74, 6) is 1.03. The van der Waals surface area contributed by atoms with Crippen LogP contribution in [-0.4, -0.2) is 38.9 Å². The summed E-state index contributed by atoms with van der Waals surface area (Å²) in [5.41, 5.74) is 8.51. The molecule has 0 saturated carbocycles. The zero-order valence-corrected chi connectivity index (χ0v) is 15.5. The summed E-state index contributed by atoms with van der Waals surface area (Å²) in [5, 5.41) is 3.93. The van der Waals surface area contributed by atoms with Crippen molar-refractivity contribution in [3.8, 4) is 17.2 Å². The van der Waals surface area contributed by atoms with Gasteiger partial charge in [-0.1, -0.05) is 0 Å². The van der Waals surface area contributed by atoms with Crippen LogP contribution in [0.5, 0.6) is 17.2 Å². The zero-order chi connectivity index (χ0) is 20.0. The summed E-state index contributed by atoms with van der Waals surface area (Å²) in [7, 11) is 2.89. The molecule has 0 aliphatic rings. The number of hydrazone groups is 1. The van der Waals surface area contributed by atoms with Gasteiger partial charge in [0.15, 0.2) is 18.1 Å². The van der Waals surface area contributed by atoms with Crippen LogP contribution in [0.15, 0.2) is 27.7 Å². The van der Waals surface area contributed by atoms with E-state index in [9.17, 15) is 9.59 Å². The Balaban J connectivity index is 2.18. The monoisotopic (exact) mass is 375 g/mol. The van der Waals surface area contributed by atoms with Gasteiger partial charge in [0, 0.05) is 5.56 Å². The van der Waals surface area contributed by atoms with Crippen molar-refractivity contribution in [3.63, 3.8) is 0 Å². The van der Waals surface area contributed by atoms with Crippen molar-refractivity contribution in [1.29, 1.82) is 0 Å². The number of aryl methyl sites for hydroxylation is 2. The average molecular weight is 375 g/mol. The molecular formula is C18H21N3O6. The second kappa shape index (κ2) is 8.75. The maximum absolute atomic E-state index is 12.1. The Bertz CT molecular complexity index is 847. The molecule has 9 heteroatoms. The van der Waals surface area contributed by atoms with E-state index < -0.39 is 5.91 Å². The number of hydrogen-bond acceptors (Lipinski definition) is 7. The first-order valence-corrected chi connectivity index (χ1v) is 7.93. The molecule has 27 heavy (non-hydrogen) atoms. The lowest BCUT2D eigenvalue weighted by atomic mass is 10.2. The lowest BCUT2D eigenvalue weighted by Gasteiger charge is -2.14. The number of ether oxygens (including phenoxy) is 3. The Morgan fingerprint density at radius 2 is 1.81 bits per heavy atom. The minimum Gasteiger partial charge on any atom is -0.493 e. The van der Waals surface area contributed by atoms with E-state index in [0.29, 0.717) is 34.1 Å². The van der Waals surface area contributed by atoms with Gasteiger partial charge in [0.1, 0.15) is 11.5 Å². The molecular weight excluding hydrogens is 354 g/mol. The van der Waals surface area contributed by atoms with Crippen molar-refractivity contribution in [2.75, 3.05) is 20.8 Å². The van der Waals surface area contributed by atoms with Crippen LogP contribution in [-0.2, 0) is 4.79 Å². The molecule has 0 aliphatic carbocycles. The van der Waals surface area contributed by atoms with Gasteiger partial charge in [-0.2, -0.15) is 5.10 Å². The number of amides is 2. The van der Waals surface area contributed by atoms with Crippen molar-refractivity contribution in [2.45, 2.75) is 13.8 Å². The highest BCUT2D eigenvalue weighted by atomic mass is 16.5. The van der Waals surface area contributed by atoms with Crippen LogP contribution in [0.3, 0.4) is 0 Å². The van der Waals surface area contributed by atoms with E-state index in [1.54, 1.807) is 32.0 Å². The summed E-state index contributed by atoms with van der Waals surface area (Å²) in [6, 6.07) is 4.86. The summed E-state index contributed by atoms with van der Waals surface area (Å²) < 4.78 is 21.2. The number of carbonyl (C=O) groups excluding carboxylic acids is 2. The largest absolute Gasteiger partial charge is 0.493 e. The van der Waals surface area contributed by atoms with Crippen molar-refractivity contribution in [2.24, 2.45) is 10.8 Å². The molecule has 1 aromatic carbocycles. The third-order valence-electron chi connectivity index (χ3n) is 3.51. The van der Waals surface area contributed by atoms with Gasteiger partial charge in [-0.15, -0.1) is 0 Å². The van der Waals surface area contributed by atoms with E-state index in [4.69, 9.17) is 24.4 Å². The Hall–Kier alpha value is -3.49. The SMILES string of the molecule is COc1cc(/C=N\NC(=O)c2cc(C)oc2C)cc(OC)c1OCC(N)=O. The molecule has 9 nitrogen and oxygen atoms in total. The van der Waals surface area contributed by atoms with Gasteiger partial charge in [-0.25, -0.2) is 5.43 Å². The average Bonchev–Trinajstić information content (AvgIpc) is 2.97. The first-order chi connectivity index (χ1) is 12.8. The van der Waals surface area contributed by atoms with Crippen molar-refractivity contribution in [1.82, 2.24) is 5.43 Å². The summed E-state index contributed by atoms with van der Waals surface area (Å²) in [6.45, 7) is 3.14. The van der Waals surface area contributed by atoms with Gasteiger partial charge in [0.25, 0.3) is 11.8 Å². The Morgan fingerprint density at radius 3 is 2.30 bits per heavy atom. The van der Waals surface area contributed by atoms with Gasteiger partial charge >= 0.3 is 0 Å². The van der Waals surface area contributed by atoms with E-state index in [-0.39, 0.29) is 18.3 Å². The molecule has 1 aromatic heterocycles. The molecule has 0 aliphatic heterocycles. The minimum absolute atomic E-state index is 0.240. The fraction of sp³-hybridized carbons (Fsp3) is 0.278. The topological polar surface area (TPSA) is 125 Å². The van der Waals surface area contributed by atoms with Crippen LogP contribution >= 0.6 is 0 Å². The van der Waals surface area contributed by atoms with Crippen molar-refractivity contribution < 1.29 is 28.2 Å². The summed E-state index contributed by atoms with van der Waals surface area (Å²) in [6.07, 6.45) is 1.42. The number of primary amides is 1. The Morgan fingerprint density at radius 1 is 1.19 bits per heavy atom. The molecule has 0 fully saturated rings. The number of methoxy groups -OCH3 is 2. The molecule has 0 unspecified atom stereocenters. The summed E-state index contributed by atoms with van der Waals surface area (Å²) in [4.78, 5) is 23.1. The first kappa shape index (κ1) is 19.8. The standard InChI is InChI=1S/C18H21N3O6/c1-10-5-13(11(2)27-10)18(23)21-20-8-12-6-14(24-3)17(15(7-12)25-4)26-9-16(19)22/h5-8H,9H2,1-4H3,(H2,19,22)(H,21,23)/b20-8-. The number of furan rings is 1. The van der Waals surface area contributed by atoms with Gasteiger partial charge in [0.05, 0.1) is 26.0 Å². The van der Waals surface area contributed by atoms with Gasteiger partial charge < -0.3 is 24.4 Å². The van der Waals surface area contributed by atoms with Crippen LogP contribution < -0.4 is 25.4 Å².